The van der Waals surface area contributed by atoms with Crippen LogP contribution in [0.15, 0.2) is 41.8 Å². The molecule has 2 nitrogen and oxygen atoms in total. The van der Waals surface area contributed by atoms with Crippen LogP contribution in [-0.2, 0) is 0 Å². The fraction of sp³-hybridized carbons (Fsp3) is 0.308. The van der Waals surface area contributed by atoms with Crippen LogP contribution in [0.3, 0.4) is 0 Å². The lowest BCUT2D eigenvalue weighted by molar-refractivity contribution is -0.129. The molecule has 0 unspecified atom stereocenters. The normalized spacial score (nSPS) is 11.8. The van der Waals surface area contributed by atoms with Crippen molar-refractivity contribution >= 4 is 11.8 Å². The predicted molar refractivity (Wildman–Crippen MR) is 69.7 cm³/mol. The second kappa shape index (κ2) is 5.69. The molecule has 0 amide bonds. The van der Waals surface area contributed by atoms with Gasteiger partial charge in [-0.3, -0.25) is 4.57 Å². The van der Waals surface area contributed by atoms with Crippen molar-refractivity contribution < 1.29 is 13.2 Å². The molecule has 0 fully saturated rings. The van der Waals surface area contributed by atoms with Gasteiger partial charge in [0.15, 0.2) is 5.16 Å². The van der Waals surface area contributed by atoms with Crippen LogP contribution >= 0.6 is 11.8 Å². The summed E-state index contributed by atoms with van der Waals surface area (Å²) in [5.41, 5.74) is 2.00. The zero-order valence-corrected chi connectivity index (χ0v) is 11.1. The molecule has 102 valence electrons. The Morgan fingerprint density at radius 1 is 1.32 bits per heavy atom. The highest BCUT2D eigenvalue weighted by atomic mass is 32.2. The zero-order chi connectivity index (χ0) is 13.9. The van der Waals surface area contributed by atoms with Crippen molar-refractivity contribution in [1.29, 1.82) is 0 Å². The third kappa shape index (κ3) is 4.02. The molecule has 0 N–H and O–H groups in total. The molecule has 6 heteroatoms. The minimum Gasteiger partial charge on any atom is -0.295 e. The van der Waals surface area contributed by atoms with Gasteiger partial charge in [0.1, 0.15) is 0 Å². The smallest absolute Gasteiger partial charge is 0.295 e. The van der Waals surface area contributed by atoms with Crippen molar-refractivity contribution in [1.82, 2.24) is 9.55 Å². The number of alkyl halides is 3. The number of hydrogen-bond donors (Lipinski definition) is 0. The predicted octanol–water partition coefficient (Wildman–Crippen LogP) is 4.23. The van der Waals surface area contributed by atoms with Crippen LogP contribution in [-0.4, -0.2) is 21.5 Å². The molecule has 0 saturated carbocycles. The largest absolute Gasteiger partial charge is 0.389 e. The molecule has 0 spiro atoms. The van der Waals surface area contributed by atoms with E-state index in [0.29, 0.717) is 5.16 Å². The Morgan fingerprint density at radius 2 is 2.11 bits per heavy atom. The lowest BCUT2D eigenvalue weighted by atomic mass is 10.2. The van der Waals surface area contributed by atoms with E-state index < -0.39 is 12.6 Å². The van der Waals surface area contributed by atoms with Gasteiger partial charge in [-0.25, -0.2) is 4.98 Å². The van der Waals surface area contributed by atoms with E-state index >= 15 is 0 Å². The number of rotatable bonds is 4. The lowest BCUT2D eigenvalue weighted by Gasteiger charge is -2.09. The maximum atomic E-state index is 12.1. The molecule has 19 heavy (non-hydrogen) atoms. The Bertz CT molecular complexity index is 549. The van der Waals surface area contributed by atoms with Crippen LogP contribution in [0.2, 0.25) is 0 Å². The molecule has 1 aromatic heterocycles. The van der Waals surface area contributed by atoms with E-state index in [1.54, 1.807) is 17.0 Å². The molecule has 0 aliphatic carbocycles. The third-order valence-corrected chi connectivity index (χ3v) is 3.47. The fourth-order valence-electron chi connectivity index (χ4n) is 1.63. The first-order chi connectivity index (χ1) is 8.96. The summed E-state index contributed by atoms with van der Waals surface area (Å²) < 4.78 is 38.2. The van der Waals surface area contributed by atoms with Gasteiger partial charge in [0.05, 0.1) is 6.42 Å². The van der Waals surface area contributed by atoms with Crippen molar-refractivity contribution in [3.63, 3.8) is 0 Å². The molecule has 1 heterocycles. The van der Waals surface area contributed by atoms with Crippen molar-refractivity contribution in [2.75, 3.05) is 5.75 Å². The molecule has 0 radical (unpaired) electrons. The van der Waals surface area contributed by atoms with Crippen LogP contribution < -0.4 is 0 Å². The van der Waals surface area contributed by atoms with Gasteiger partial charge in [0, 0.05) is 23.8 Å². The minimum absolute atomic E-state index is 0.0215. The quantitative estimate of drug-likeness (QED) is 0.783. The summed E-state index contributed by atoms with van der Waals surface area (Å²) >= 11 is 1.11. The van der Waals surface area contributed by atoms with E-state index in [1.165, 1.54) is 0 Å². The topological polar surface area (TPSA) is 17.8 Å². The second-order valence-electron chi connectivity index (χ2n) is 4.13. The van der Waals surface area contributed by atoms with Crippen LogP contribution in [0.5, 0.6) is 0 Å². The van der Waals surface area contributed by atoms with Gasteiger partial charge in [-0.05, 0) is 24.6 Å². The first-order valence-electron chi connectivity index (χ1n) is 5.76. The van der Waals surface area contributed by atoms with E-state index in [1.807, 2.05) is 31.2 Å². The van der Waals surface area contributed by atoms with Crippen molar-refractivity contribution in [2.24, 2.45) is 0 Å². The maximum absolute atomic E-state index is 12.1. The van der Waals surface area contributed by atoms with Crippen LogP contribution in [0.25, 0.3) is 5.69 Å². The van der Waals surface area contributed by atoms with Gasteiger partial charge >= 0.3 is 6.18 Å². The monoisotopic (exact) mass is 286 g/mol. The molecule has 0 aliphatic heterocycles. The van der Waals surface area contributed by atoms with Crippen molar-refractivity contribution in [3.8, 4) is 5.69 Å². The summed E-state index contributed by atoms with van der Waals surface area (Å²) in [5, 5.41) is 0.579. The van der Waals surface area contributed by atoms with Gasteiger partial charge < -0.3 is 0 Å². The summed E-state index contributed by atoms with van der Waals surface area (Å²) in [6.07, 6.45) is -1.57. The maximum Gasteiger partial charge on any atom is 0.389 e. The number of aromatic nitrogens is 2. The van der Waals surface area contributed by atoms with Crippen molar-refractivity contribution in [2.45, 2.75) is 24.7 Å². The Hall–Kier alpha value is -1.43. The number of hydrogen-bond acceptors (Lipinski definition) is 2. The van der Waals surface area contributed by atoms with Gasteiger partial charge in [-0.15, -0.1) is 0 Å². The molecular formula is C13H13F3N2S. The number of benzene rings is 1. The second-order valence-corrected chi connectivity index (χ2v) is 5.19. The number of aryl methyl sites for hydroxylation is 1. The van der Waals surface area contributed by atoms with Gasteiger partial charge in [-0.2, -0.15) is 13.2 Å². The van der Waals surface area contributed by atoms with Crippen LogP contribution in [0.4, 0.5) is 13.2 Å². The first-order valence-corrected chi connectivity index (χ1v) is 6.74. The van der Waals surface area contributed by atoms with E-state index in [9.17, 15) is 13.2 Å². The van der Waals surface area contributed by atoms with Gasteiger partial charge in [0.2, 0.25) is 0 Å². The lowest BCUT2D eigenvalue weighted by Crippen LogP contribution is -2.08. The van der Waals surface area contributed by atoms with E-state index in [4.69, 9.17) is 0 Å². The van der Waals surface area contributed by atoms with Crippen molar-refractivity contribution in [3.05, 3.63) is 42.2 Å². The zero-order valence-electron chi connectivity index (χ0n) is 10.3. The molecular weight excluding hydrogens is 273 g/mol. The molecule has 1 aromatic carbocycles. The number of nitrogens with zero attached hydrogens (tertiary/aromatic N) is 2. The van der Waals surface area contributed by atoms with Gasteiger partial charge in [-0.1, -0.05) is 23.9 Å². The number of imidazole rings is 1. The van der Waals surface area contributed by atoms with Gasteiger partial charge in [0.25, 0.3) is 0 Å². The number of thioether (sulfide) groups is 1. The van der Waals surface area contributed by atoms with E-state index in [0.717, 1.165) is 23.0 Å². The van der Waals surface area contributed by atoms with E-state index in [-0.39, 0.29) is 5.75 Å². The first kappa shape index (κ1) is 14.0. The third-order valence-electron chi connectivity index (χ3n) is 2.50. The molecule has 0 aliphatic rings. The molecule has 2 rings (SSSR count). The highest BCUT2D eigenvalue weighted by Gasteiger charge is 2.26. The Labute approximate surface area is 113 Å². The minimum atomic E-state index is -4.12. The molecule has 0 atom stereocenters. The average Bonchev–Trinajstić information content (AvgIpc) is 2.75. The molecule has 0 saturated heterocycles. The highest BCUT2D eigenvalue weighted by Crippen LogP contribution is 2.26. The summed E-state index contributed by atoms with van der Waals surface area (Å²) in [6.45, 7) is 1.97. The standard InChI is InChI=1S/C13H13F3N2S/c1-10-3-2-4-11(9-10)18-7-6-17-12(18)19-8-5-13(14,15)16/h2-4,6-7,9H,5,8H2,1H3. The fourth-order valence-corrected chi connectivity index (χ4v) is 2.59. The Kier molecular flexibility index (Phi) is 4.19. The van der Waals surface area contributed by atoms with Crippen LogP contribution in [0, 0.1) is 6.92 Å². The summed E-state index contributed by atoms with van der Waals surface area (Å²) in [5.74, 6) is -0.0215. The summed E-state index contributed by atoms with van der Waals surface area (Å²) in [7, 11) is 0. The molecule has 0 bridgehead atoms. The van der Waals surface area contributed by atoms with Crippen LogP contribution in [0.1, 0.15) is 12.0 Å². The van der Waals surface area contributed by atoms with E-state index in [2.05, 4.69) is 4.98 Å². The Balaban J connectivity index is 2.10. The summed E-state index contributed by atoms with van der Waals surface area (Å²) in [4.78, 5) is 4.10. The SMILES string of the molecule is Cc1cccc(-n2ccnc2SCCC(F)(F)F)c1. The molecule has 2 aromatic rings. The Morgan fingerprint density at radius 3 is 2.79 bits per heavy atom. The summed E-state index contributed by atoms with van der Waals surface area (Å²) in [6, 6.07) is 7.75. The average molecular weight is 286 g/mol. The number of halogens is 3. The highest BCUT2D eigenvalue weighted by molar-refractivity contribution is 7.99.